The zero-order valence-electron chi connectivity index (χ0n) is 15.9. The van der Waals surface area contributed by atoms with E-state index in [0.29, 0.717) is 28.3 Å². The summed E-state index contributed by atoms with van der Waals surface area (Å²) in [5.74, 6) is -0.941. The largest absolute Gasteiger partial charge is 0.322 e. The lowest BCUT2D eigenvalue weighted by Crippen LogP contribution is -2.16. The molecule has 30 heavy (non-hydrogen) atoms. The van der Waals surface area contributed by atoms with Gasteiger partial charge in [0.1, 0.15) is 11.6 Å². The van der Waals surface area contributed by atoms with Crippen LogP contribution < -0.4 is 5.32 Å². The highest BCUT2D eigenvalue weighted by Crippen LogP contribution is 2.26. The number of rotatable bonds is 4. The molecule has 2 aromatic heterocycles. The molecule has 7 heteroatoms. The summed E-state index contributed by atoms with van der Waals surface area (Å²) in [6.45, 7) is 1.77. The Balaban J connectivity index is 1.77. The van der Waals surface area contributed by atoms with Gasteiger partial charge < -0.3 is 5.32 Å². The van der Waals surface area contributed by atoms with E-state index < -0.39 is 11.7 Å². The molecule has 2 heterocycles. The summed E-state index contributed by atoms with van der Waals surface area (Å²) >= 11 is 0. The second-order valence-corrected chi connectivity index (χ2v) is 6.61. The van der Waals surface area contributed by atoms with Gasteiger partial charge in [0, 0.05) is 35.4 Å². The number of pyridine rings is 1. The van der Waals surface area contributed by atoms with Crippen LogP contribution in [0.3, 0.4) is 0 Å². The molecule has 2 aromatic carbocycles. The zero-order valence-corrected chi connectivity index (χ0v) is 15.9. The van der Waals surface area contributed by atoms with Gasteiger partial charge in [0.05, 0.1) is 11.3 Å². The molecule has 0 spiro atoms. The number of carbonyl (C=O) groups is 1. The van der Waals surface area contributed by atoms with Crippen molar-refractivity contribution in [2.24, 2.45) is 0 Å². The summed E-state index contributed by atoms with van der Waals surface area (Å²) in [5.41, 5.74) is 2.97. The highest BCUT2D eigenvalue weighted by Gasteiger charge is 2.18. The highest BCUT2D eigenvalue weighted by molar-refractivity contribution is 6.08. The molecule has 0 aliphatic carbocycles. The number of hydrogen-bond acceptors (Lipinski definition) is 4. The van der Waals surface area contributed by atoms with Gasteiger partial charge in [0.2, 0.25) is 0 Å². The Hall–Kier alpha value is -4.00. The fraction of sp³-hybridized carbons (Fsp3) is 0.0435. The van der Waals surface area contributed by atoms with Crippen LogP contribution in [0.5, 0.6) is 0 Å². The Bertz CT molecular complexity index is 1210. The number of carbonyl (C=O) groups excluding carboxylic acids is 1. The lowest BCUT2D eigenvalue weighted by atomic mass is 10.1. The first-order chi connectivity index (χ1) is 14.5. The van der Waals surface area contributed by atoms with Gasteiger partial charge >= 0.3 is 0 Å². The molecule has 148 valence electrons. The second kappa shape index (κ2) is 8.16. The summed E-state index contributed by atoms with van der Waals surface area (Å²) in [5, 5.41) is 2.72. The lowest BCUT2D eigenvalue weighted by molar-refractivity contribution is 0.102. The number of hydrogen-bond donors (Lipinski definition) is 1. The maximum absolute atomic E-state index is 13.6. The Morgan fingerprint density at radius 1 is 0.900 bits per heavy atom. The van der Waals surface area contributed by atoms with Crippen molar-refractivity contribution < 1.29 is 13.6 Å². The monoisotopic (exact) mass is 402 g/mol. The van der Waals surface area contributed by atoms with Gasteiger partial charge in [-0.3, -0.25) is 9.78 Å². The average molecular weight is 402 g/mol. The maximum atomic E-state index is 13.6. The standard InChI is InChI=1S/C23H16F2N4O/c1-14-2-5-18(25)12-20(14)28-23(30)19-13-27-22(16-3-6-17(24)7-4-16)29-21(19)15-8-10-26-11-9-15/h2-13H,1H3,(H,28,30). The smallest absolute Gasteiger partial charge is 0.259 e. The Labute approximate surface area is 171 Å². The third-order valence-electron chi connectivity index (χ3n) is 4.54. The molecule has 4 aromatic rings. The quantitative estimate of drug-likeness (QED) is 0.519. The van der Waals surface area contributed by atoms with Crippen molar-refractivity contribution in [1.29, 1.82) is 0 Å². The topological polar surface area (TPSA) is 67.8 Å². The Morgan fingerprint density at radius 3 is 2.33 bits per heavy atom. The van der Waals surface area contributed by atoms with Gasteiger partial charge in [0.25, 0.3) is 5.91 Å². The number of nitrogens with zero attached hydrogens (tertiary/aromatic N) is 3. The third-order valence-corrected chi connectivity index (χ3v) is 4.54. The third kappa shape index (κ3) is 4.05. The SMILES string of the molecule is Cc1ccc(F)cc1NC(=O)c1cnc(-c2ccc(F)cc2)nc1-c1ccncc1. The molecule has 5 nitrogen and oxygen atoms in total. The van der Waals surface area contributed by atoms with Crippen molar-refractivity contribution in [3.8, 4) is 22.6 Å². The van der Waals surface area contributed by atoms with Crippen molar-refractivity contribution in [1.82, 2.24) is 15.0 Å². The average Bonchev–Trinajstić information content (AvgIpc) is 2.77. The molecule has 0 saturated heterocycles. The minimum atomic E-state index is -0.471. The fourth-order valence-electron chi connectivity index (χ4n) is 2.93. The van der Waals surface area contributed by atoms with Crippen molar-refractivity contribution >= 4 is 11.6 Å². The van der Waals surface area contributed by atoms with E-state index in [1.54, 1.807) is 49.6 Å². The van der Waals surface area contributed by atoms with Crippen molar-refractivity contribution in [2.75, 3.05) is 5.32 Å². The van der Waals surface area contributed by atoms with Crippen molar-refractivity contribution in [3.05, 3.63) is 95.9 Å². The summed E-state index contributed by atoms with van der Waals surface area (Å²) in [6.07, 6.45) is 4.59. The Kier molecular flexibility index (Phi) is 5.26. The molecule has 1 N–H and O–H groups in total. The second-order valence-electron chi connectivity index (χ2n) is 6.61. The number of aromatic nitrogens is 3. The van der Waals surface area contributed by atoms with Crippen LogP contribution in [0.15, 0.2) is 73.2 Å². The van der Waals surface area contributed by atoms with Gasteiger partial charge in [-0.1, -0.05) is 6.07 Å². The van der Waals surface area contributed by atoms with E-state index in [1.807, 2.05) is 0 Å². The van der Waals surface area contributed by atoms with E-state index >= 15 is 0 Å². The molecular weight excluding hydrogens is 386 g/mol. The molecule has 0 aliphatic rings. The fourth-order valence-corrected chi connectivity index (χ4v) is 2.93. The van der Waals surface area contributed by atoms with E-state index in [-0.39, 0.29) is 11.4 Å². The number of halogens is 2. The summed E-state index contributed by atoms with van der Waals surface area (Å²) in [7, 11) is 0. The first kappa shape index (κ1) is 19.3. The first-order valence-corrected chi connectivity index (χ1v) is 9.12. The molecule has 0 atom stereocenters. The summed E-state index contributed by atoms with van der Waals surface area (Å²) < 4.78 is 26.9. The highest BCUT2D eigenvalue weighted by atomic mass is 19.1. The van der Waals surface area contributed by atoms with Crippen LogP contribution in [0.1, 0.15) is 15.9 Å². The van der Waals surface area contributed by atoms with Crippen molar-refractivity contribution in [2.45, 2.75) is 6.92 Å². The molecular formula is C23H16F2N4O. The van der Waals surface area contributed by atoms with Gasteiger partial charge in [-0.25, -0.2) is 18.7 Å². The van der Waals surface area contributed by atoms with Crippen molar-refractivity contribution in [3.63, 3.8) is 0 Å². The first-order valence-electron chi connectivity index (χ1n) is 9.12. The van der Waals surface area contributed by atoms with Crippen LogP contribution in [0.2, 0.25) is 0 Å². The van der Waals surface area contributed by atoms with Gasteiger partial charge in [-0.2, -0.15) is 0 Å². The normalized spacial score (nSPS) is 10.6. The van der Waals surface area contributed by atoms with E-state index in [0.717, 1.165) is 5.56 Å². The number of benzene rings is 2. The molecule has 0 aliphatic heterocycles. The van der Waals surface area contributed by atoms with Crippen LogP contribution >= 0.6 is 0 Å². The van der Waals surface area contributed by atoms with Crippen LogP contribution in [0.4, 0.5) is 14.5 Å². The zero-order chi connectivity index (χ0) is 21.1. The maximum Gasteiger partial charge on any atom is 0.259 e. The Morgan fingerprint density at radius 2 is 1.60 bits per heavy atom. The number of anilines is 1. The minimum absolute atomic E-state index is 0.218. The number of aryl methyl sites for hydroxylation is 1. The molecule has 0 fully saturated rings. The molecule has 0 saturated carbocycles. The van der Waals surface area contributed by atoms with E-state index in [9.17, 15) is 13.6 Å². The molecule has 1 amide bonds. The summed E-state index contributed by atoms with van der Waals surface area (Å²) in [4.78, 5) is 25.8. The molecule has 0 bridgehead atoms. The van der Waals surface area contributed by atoms with Crippen LogP contribution in [0, 0.1) is 18.6 Å². The van der Waals surface area contributed by atoms with E-state index in [2.05, 4.69) is 20.3 Å². The van der Waals surface area contributed by atoms with E-state index in [1.165, 1.54) is 30.5 Å². The van der Waals surface area contributed by atoms with Crippen LogP contribution in [-0.2, 0) is 0 Å². The number of amides is 1. The number of nitrogens with one attached hydrogen (secondary N) is 1. The minimum Gasteiger partial charge on any atom is -0.322 e. The van der Waals surface area contributed by atoms with Gasteiger partial charge in [-0.15, -0.1) is 0 Å². The van der Waals surface area contributed by atoms with E-state index in [4.69, 9.17) is 0 Å². The predicted octanol–water partition coefficient (Wildman–Crippen LogP) is 5.04. The van der Waals surface area contributed by atoms with Gasteiger partial charge in [0.15, 0.2) is 5.82 Å². The molecule has 0 radical (unpaired) electrons. The molecule has 4 rings (SSSR count). The molecule has 0 unspecified atom stereocenters. The summed E-state index contributed by atoms with van der Waals surface area (Å²) in [6, 6.07) is 13.4. The van der Waals surface area contributed by atoms with Crippen LogP contribution in [-0.4, -0.2) is 20.9 Å². The van der Waals surface area contributed by atoms with Crippen LogP contribution in [0.25, 0.3) is 22.6 Å². The van der Waals surface area contributed by atoms with Gasteiger partial charge in [-0.05, 0) is 61.0 Å². The predicted molar refractivity (Wildman–Crippen MR) is 110 cm³/mol. The lowest BCUT2D eigenvalue weighted by Gasteiger charge is -2.12.